The SMILES string of the molecule is [2H]c1nc(-c2[c-]ccc3c2oc2ccc4nc(C)sc4c23)c([2H])c([2H])c1[2H].[Ir].[c-]1ccccc1-c1ccccn1. The molecule has 0 amide bonds. The van der Waals surface area contributed by atoms with E-state index in [1.807, 2.05) is 67.6 Å². The second-order valence-electron chi connectivity index (χ2n) is 7.66. The van der Waals surface area contributed by atoms with Crippen LogP contribution >= 0.6 is 11.3 Å². The van der Waals surface area contributed by atoms with Crippen molar-refractivity contribution in [3.8, 4) is 22.5 Å². The number of aryl methyl sites for hydroxylation is 1. The number of hydrogen-bond acceptors (Lipinski definition) is 5. The van der Waals surface area contributed by atoms with Gasteiger partial charge in [-0.1, -0.05) is 35.2 Å². The molecule has 0 aliphatic heterocycles. The van der Waals surface area contributed by atoms with Gasteiger partial charge in [0.25, 0.3) is 0 Å². The van der Waals surface area contributed by atoms with Gasteiger partial charge in [-0.2, -0.15) is 0 Å². The summed E-state index contributed by atoms with van der Waals surface area (Å²) in [6.07, 6.45) is 1.45. The Balaban J connectivity index is 0.000000209. The average molecular weight is 666 g/mol. The smallest absolute Gasteiger partial charge is 0.122 e. The Morgan fingerprint density at radius 1 is 0.917 bits per heavy atom. The molecule has 7 rings (SSSR count). The number of benzene rings is 3. The third-order valence-electron chi connectivity index (χ3n) is 5.41. The Labute approximate surface area is 231 Å². The number of rotatable bonds is 2. The molecule has 0 aliphatic carbocycles. The van der Waals surface area contributed by atoms with Crippen LogP contribution in [0.4, 0.5) is 0 Å². The summed E-state index contributed by atoms with van der Waals surface area (Å²) in [5.41, 5.74) is 4.66. The molecule has 0 spiro atoms. The Bertz CT molecular complexity index is 1940. The van der Waals surface area contributed by atoms with E-state index in [0.717, 1.165) is 37.3 Å². The van der Waals surface area contributed by atoms with Crippen LogP contribution in [-0.4, -0.2) is 15.0 Å². The maximum atomic E-state index is 8.19. The van der Waals surface area contributed by atoms with E-state index in [1.165, 1.54) is 0 Å². The van der Waals surface area contributed by atoms with Crippen molar-refractivity contribution in [3.05, 3.63) is 114 Å². The molecule has 4 nitrogen and oxygen atoms in total. The summed E-state index contributed by atoms with van der Waals surface area (Å²) in [4.78, 5) is 12.8. The minimum absolute atomic E-state index is 0. The van der Waals surface area contributed by atoms with Gasteiger partial charge in [0.15, 0.2) is 0 Å². The molecule has 1 radical (unpaired) electrons. The number of aromatic nitrogens is 3. The molecule has 4 aromatic heterocycles. The fourth-order valence-electron chi connectivity index (χ4n) is 3.92. The van der Waals surface area contributed by atoms with E-state index in [1.54, 1.807) is 23.6 Å². The van der Waals surface area contributed by atoms with Gasteiger partial charge in [-0.05, 0) is 42.6 Å². The predicted octanol–water partition coefficient (Wildman–Crippen LogP) is 7.91. The summed E-state index contributed by atoms with van der Waals surface area (Å²) in [5, 5.41) is 2.76. The monoisotopic (exact) mass is 666 g/mol. The molecular weight excluding hydrogens is 643 g/mol. The second-order valence-corrected chi connectivity index (χ2v) is 8.86. The van der Waals surface area contributed by atoms with Gasteiger partial charge in [0.2, 0.25) is 0 Å². The molecule has 0 saturated carbocycles. The fourth-order valence-corrected chi connectivity index (χ4v) is 4.89. The number of hydrogen-bond donors (Lipinski definition) is 0. The number of thiazole rings is 1. The molecule has 36 heavy (non-hydrogen) atoms. The van der Waals surface area contributed by atoms with Crippen LogP contribution < -0.4 is 0 Å². The zero-order valence-corrected chi connectivity index (χ0v) is 22.1. The summed E-state index contributed by atoms with van der Waals surface area (Å²) < 4.78 is 38.7. The molecule has 0 bridgehead atoms. The number of pyridine rings is 2. The van der Waals surface area contributed by atoms with Gasteiger partial charge >= 0.3 is 0 Å². The Morgan fingerprint density at radius 2 is 1.83 bits per heavy atom. The maximum absolute atomic E-state index is 8.19. The van der Waals surface area contributed by atoms with Gasteiger partial charge in [-0.3, -0.25) is 0 Å². The van der Waals surface area contributed by atoms with Gasteiger partial charge in [0, 0.05) is 37.9 Å². The van der Waals surface area contributed by atoms with Crippen LogP contribution in [0, 0.1) is 19.1 Å². The number of nitrogens with zero attached hydrogens (tertiary/aromatic N) is 3. The summed E-state index contributed by atoms with van der Waals surface area (Å²) in [5.74, 6) is 0. The van der Waals surface area contributed by atoms with Gasteiger partial charge in [0.1, 0.15) is 5.58 Å². The molecule has 3 aromatic carbocycles. The van der Waals surface area contributed by atoms with Crippen LogP contribution in [0.3, 0.4) is 0 Å². The molecule has 0 saturated heterocycles. The minimum atomic E-state index is -0.359. The van der Waals surface area contributed by atoms with Crippen LogP contribution in [0.15, 0.2) is 102 Å². The first kappa shape index (κ1) is 19.5. The van der Waals surface area contributed by atoms with Gasteiger partial charge < -0.3 is 14.4 Å². The largest absolute Gasteiger partial charge is 0.501 e. The van der Waals surface area contributed by atoms with E-state index in [0.29, 0.717) is 16.7 Å². The third kappa shape index (κ3) is 4.59. The molecule has 177 valence electrons. The molecule has 0 N–H and O–H groups in total. The first-order valence-corrected chi connectivity index (χ1v) is 11.7. The average Bonchev–Trinajstić information content (AvgIpc) is 3.54. The van der Waals surface area contributed by atoms with Gasteiger partial charge in [0.05, 0.1) is 26.3 Å². The molecule has 0 unspecified atom stereocenters. The van der Waals surface area contributed by atoms with Crippen LogP contribution in [0.2, 0.25) is 0 Å². The van der Waals surface area contributed by atoms with Crippen molar-refractivity contribution in [2.45, 2.75) is 6.92 Å². The fraction of sp³-hybridized carbons (Fsp3) is 0.0333. The van der Waals surface area contributed by atoms with E-state index < -0.39 is 0 Å². The predicted molar refractivity (Wildman–Crippen MR) is 142 cm³/mol. The topological polar surface area (TPSA) is 51.8 Å². The number of fused-ring (bicyclic) bond motifs is 5. The van der Waals surface area contributed by atoms with Crippen molar-refractivity contribution in [3.63, 3.8) is 0 Å². The van der Waals surface area contributed by atoms with E-state index in [4.69, 9.17) is 9.90 Å². The molecular formula is C30H19IrN3OS-2. The summed E-state index contributed by atoms with van der Waals surface area (Å²) in [6, 6.07) is 26.4. The van der Waals surface area contributed by atoms with Crippen molar-refractivity contribution in [2.75, 3.05) is 0 Å². The van der Waals surface area contributed by atoms with Crippen molar-refractivity contribution < 1.29 is 30.0 Å². The molecule has 0 aliphatic rings. The third-order valence-corrected chi connectivity index (χ3v) is 6.41. The zero-order valence-electron chi connectivity index (χ0n) is 22.9. The number of furan rings is 1. The minimum Gasteiger partial charge on any atom is -0.501 e. The zero-order chi connectivity index (χ0) is 27.1. The molecule has 6 heteroatoms. The molecule has 4 heterocycles. The Hall–Kier alpha value is -3.70. The van der Waals surface area contributed by atoms with Gasteiger partial charge in [-0.25, -0.2) is 4.98 Å². The summed E-state index contributed by atoms with van der Waals surface area (Å²) >= 11 is 1.59. The summed E-state index contributed by atoms with van der Waals surface area (Å²) in [6.45, 7) is 1.96. The van der Waals surface area contributed by atoms with E-state index >= 15 is 0 Å². The van der Waals surface area contributed by atoms with Gasteiger partial charge in [-0.15, -0.1) is 65.4 Å². The summed E-state index contributed by atoms with van der Waals surface area (Å²) in [7, 11) is 0. The quantitative estimate of drug-likeness (QED) is 0.176. The van der Waals surface area contributed by atoms with Crippen LogP contribution in [0.25, 0.3) is 54.7 Å². The van der Waals surface area contributed by atoms with E-state index in [9.17, 15) is 0 Å². The van der Waals surface area contributed by atoms with Crippen LogP contribution in [0.5, 0.6) is 0 Å². The maximum Gasteiger partial charge on any atom is 0.122 e. The first-order valence-electron chi connectivity index (χ1n) is 12.9. The molecule has 0 fully saturated rings. The first-order chi connectivity index (χ1) is 18.9. The standard InChI is InChI=1S/C19H11N2OS.C11H8N.Ir/c1-11-21-15-8-9-16-17(19(15)23-11)13-6-4-5-12(18(13)22-16)14-7-2-3-10-20-14;1-2-6-10(7-3-1)11-8-4-5-9-12-11;/h2-4,6-10H,1H3;1-6,8-9H;/q2*-1;/i2D,3D,7D,10D;;. The van der Waals surface area contributed by atoms with Crippen LogP contribution in [0.1, 0.15) is 10.5 Å². The molecule has 0 atom stereocenters. The van der Waals surface area contributed by atoms with Crippen molar-refractivity contribution in [1.29, 1.82) is 0 Å². The Morgan fingerprint density at radius 3 is 2.67 bits per heavy atom. The van der Waals surface area contributed by atoms with Crippen molar-refractivity contribution in [1.82, 2.24) is 15.0 Å². The van der Waals surface area contributed by atoms with Crippen molar-refractivity contribution >= 4 is 43.5 Å². The normalized spacial score (nSPS) is 12.2. The molecule has 7 aromatic rings. The van der Waals surface area contributed by atoms with E-state index in [-0.39, 0.29) is 50.1 Å². The second kappa shape index (κ2) is 10.5. The van der Waals surface area contributed by atoms with E-state index in [2.05, 4.69) is 27.1 Å². The van der Waals surface area contributed by atoms with Crippen molar-refractivity contribution in [2.24, 2.45) is 0 Å². The Kier molecular flexibility index (Phi) is 5.69. The van der Waals surface area contributed by atoms with Crippen LogP contribution in [-0.2, 0) is 20.1 Å².